The number of rotatable bonds is 8. The molecule has 0 aliphatic heterocycles. The highest BCUT2D eigenvalue weighted by molar-refractivity contribution is 5.49. The first-order chi connectivity index (χ1) is 21.8. The van der Waals surface area contributed by atoms with Crippen molar-refractivity contribution >= 4 is 0 Å². The van der Waals surface area contributed by atoms with Crippen molar-refractivity contribution in [2.24, 2.45) is 16.7 Å². The standard InChI is InChI=1S/C41H52N2O2/c1-4-38-21-39(29(2)3)24-40(22-38,32-15-17-36(44-27-42)34(19-32)30-11-7-5-8-12-30)26-41(23-38,25-39)33-16-18-37(45-28-43)35(20-33)31-13-9-6-10-14-31/h15-20,29-31H,4-14,21-26H2,1-3H3. The molecule has 4 nitrogen and oxygen atoms in total. The van der Waals surface area contributed by atoms with Crippen LogP contribution in [0.15, 0.2) is 36.4 Å². The quantitative estimate of drug-likeness (QED) is 0.281. The lowest BCUT2D eigenvalue weighted by Crippen LogP contribution is -2.65. The maximum Gasteiger partial charge on any atom is 0.292 e. The lowest BCUT2D eigenvalue weighted by molar-refractivity contribution is -0.161. The van der Waals surface area contributed by atoms with Gasteiger partial charge in [0.15, 0.2) is 0 Å². The van der Waals surface area contributed by atoms with Crippen molar-refractivity contribution in [3.8, 4) is 24.0 Å². The first-order valence-electron chi connectivity index (χ1n) is 18.2. The molecule has 6 aliphatic carbocycles. The van der Waals surface area contributed by atoms with Crippen LogP contribution in [0.4, 0.5) is 0 Å². The third-order valence-corrected chi connectivity index (χ3v) is 13.8. The van der Waals surface area contributed by atoms with Gasteiger partial charge in [-0.15, -0.1) is 10.5 Å². The molecule has 0 radical (unpaired) electrons. The van der Waals surface area contributed by atoms with Crippen LogP contribution in [-0.4, -0.2) is 0 Å². The van der Waals surface area contributed by atoms with Crippen LogP contribution in [0, 0.1) is 39.8 Å². The van der Waals surface area contributed by atoms with Gasteiger partial charge in [-0.05, 0) is 138 Å². The summed E-state index contributed by atoms with van der Waals surface area (Å²) in [6.07, 6.45) is 25.2. The van der Waals surface area contributed by atoms with Crippen molar-refractivity contribution in [1.29, 1.82) is 10.5 Å². The van der Waals surface area contributed by atoms with E-state index >= 15 is 0 Å². The summed E-state index contributed by atoms with van der Waals surface area (Å²) in [6, 6.07) is 14.0. The minimum absolute atomic E-state index is 0.108. The van der Waals surface area contributed by atoms with E-state index in [9.17, 15) is 10.5 Å². The minimum atomic E-state index is 0.108. The molecule has 0 saturated heterocycles. The van der Waals surface area contributed by atoms with Gasteiger partial charge in [-0.1, -0.05) is 90.0 Å². The maximum atomic E-state index is 9.53. The van der Waals surface area contributed by atoms with Gasteiger partial charge in [-0.2, -0.15) is 0 Å². The molecule has 2 unspecified atom stereocenters. The Bertz CT molecular complexity index is 1400. The molecule has 4 heteroatoms. The van der Waals surface area contributed by atoms with Crippen LogP contribution >= 0.6 is 0 Å². The Kier molecular flexibility index (Phi) is 7.95. The summed E-state index contributed by atoms with van der Waals surface area (Å²) in [4.78, 5) is 0. The highest BCUT2D eigenvalue weighted by Gasteiger charge is 2.68. The van der Waals surface area contributed by atoms with Gasteiger partial charge in [-0.3, -0.25) is 0 Å². The van der Waals surface area contributed by atoms with E-state index in [0.29, 0.717) is 28.6 Å². The summed E-state index contributed by atoms with van der Waals surface area (Å²) in [5, 5.41) is 19.1. The fourth-order valence-electron chi connectivity index (χ4n) is 12.0. The smallest absolute Gasteiger partial charge is 0.292 e. The van der Waals surface area contributed by atoms with E-state index in [0.717, 1.165) is 11.5 Å². The molecular weight excluding hydrogens is 552 g/mol. The monoisotopic (exact) mass is 604 g/mol. The van der Waals surface area contributed by atoms with E-state index in [-0.39, 0.29) is 10.8 Å². The average molecular weight is 605 g/mol. The van der Waals surface area contributed by atoms with Gasteiger partial charge in [-0.25, -0.2) is 0 Å². The van der Waals surface area contributed by atoms with Crippen LogP contribution in [0.2, 0.25) is 0 Å². The predicted octanol–water partition coefficient (Wildman–Crippen LogP) is 11.1. The Morgan fingerprint density at radius 1 is 0.667 bits per heavy atom. The molecule has 0 aromatic heterocycles. The third-order valence-electron chi connectivity index (χ3n) is 13.8. The van der Waals surface area contributed by atoms with Crippen LogP contribution in [-0.2, 0) is 10.8 Å². The van der Waals surface area contributed by atoms with Gasteiger partial charge >= 0.3 is 0 Å². The van der Waals surface area contributed by atoms with Crippen LogP contribution in [0.25, 0.3) is 0 Å². The lowest BCUT2D eigenvalue weighted by Gasteiger charge is -2.72. The maximum absolute atomic E-state index is 9.53. The molecule has 0 N–H and O–H groups in total. The van der Waals surface area contributed by atoms with Gasteiger partial charge in [0.05, 0.1) is 0 Å². The second-order valence-electron chi connectivity index (χ2n) is 16.6. The molecule has 4 bridgehead atoms. The zero-order valence-corrected chi connectivity index (χ0v) is 27.9. The molecule has 0 heterocycles. The van der Waals surface area contributed by atoms with Crippen LogP contribution in [0.3, 0.4) is 0 Å². The Hall–Kier alpha value is -2.98. The van der Waals surface area contributed by atoms with Crippen molar-refractivity contribution in [2.75, 3.05) is 0 Å². The lowest BCUT2D eigenvalue weighted by atomic mass is 9.32. The molecule has 2 aromatic carbocycles. The highest BCUT2D eigenvalue weighted by Crippen LogP contribution is 2.76. The van der Waals surface area contributed by atoms with E-state index in [4.69, 9.17) is 9.47 Å². The topological polar surface area (TPSA) is 66.0 Å². The summed E-state index contributed by atoms with van der Waals surface area (Å²) in [5.74, 6) is 3.13. The second-order valence-corrected chi connectivity index (χ2v) is 16.6. The van der Waals surface area contributed by atoms with Gasteiger partial charge in [0.25, 0.3) is 12.5 Å². The number of hydrogen-bond acceptors (Lipinski definition) is 4. The molecule has 6 aliphatic rings. The molecule has 2 aromatic rings. The molecule has 0 spiro atoms. The van der Waals surface area contributed by atoms with Crippen molar-refractivity contribution in [3.63, 3.8) is 0 Å². The Morgan fingerprint density at radius 3 is 1.53 bits per heavy atom. The first-order valence-corrected chi connectivity index (χ1v) is 18.2. The molecule has 6 fully saturated rings. The summed E-state index contributed by atoms with van der Waals surface area (Å²) in [6.45, 7) is 7.44. The van der Waals surface area contributed by atoms with E-state index in [1.807, 2.05) is 12.5 Å². The summed E-state index contributed by atoms with van der Waals surface area (Å²) >= 11 is 0. The Balaban J connectivity index is 1.37. The van der Waals surface area contributed by atoms with E-state index in [1.54, 1.807) is 0 Å². The number of benzene rings is 2. The Morgan fingerprint density at radius 2 is 1.13 bits per heavy atom. The van der Waals surface area contributed by atoms with Gasteiger partial charge < -0.3 is 9.47 Å². The van der Waals surface area contributed by atoms with Crippen molar-refractivity contribution < 1.29 is 9.47 Å². The predicted molar refractivity (Wildman–Crippen MR) is 178 cm³/mol. The highest BCUT2D eigenvalue weighted by atomic mass is 16.5. The van der Waals surface area contributed by atoms with E-state index < -0.39 is 0 Å². The number of hydrogen-bond donors (Lipinski definition) is 0. The normalized spacial score (nSPS) is 33.1. The van der Waals surface area contributed by atoms with E-state index in [1.165, 1.54) is 131 Å². The molecule has 8 rings (SSSR count). The SMILES string of the molecule is CCC12CC3(c4ccc(OC#N)c(C5CCCCC5)c4)CC(c4ccc(OC#N)c(C5CCCCC5)c4)(C1)CC(C(C)C)(C2)C3. The molecule has 45 heavy (non-hydrogen) atoms. The van der Waals surface area contributed by atoms with Crippen molar-refractivity contribution in [2.45, 2.75) is 153 Å². The third kappa shape index (κ3) is 5.16. The summed E-state index contributed by atoms with van der Waals surface area (Å²) in [7, 11) is 0. The van der Waals surface area contributed by atoms with Gasteiger partial charge in [0.2, 0.25) is 0 Å². The number of nitriles is 2. The van der Waals surface area contributed by atoms with Gasteiger partial charge in [0, 0.05) is 0 Å². The van der Waals surface area contributed by atoms with Gasteiger partial charge in [0.1, 0.15) is 11.5 Å². The first kappa shape index (κ1) is 30.7. The number of nitrogens with zero attached hydrogens (tertiary/aromatic N) is 2. The zero-order valence-electron chi connectivity index (χ0n) is 27.9. The minimum Gasteiger partial charge on any atom is -0.388 e. The summed E-state index contributed by atoms with van der Waals surface area (Å²) in [5.41, 5.74) is 6.38. The molecular formula is C41H52N2O2. The van der Waals surface area contributed by atoms with Crippen LogP contribution < -0.4 is 9.47 Å². The largest absolute Gasteiger partial charge is 0.388 e. The second kappa shape index (κ2) is 11.7. The average Bonchev–Trinajstić information content (AvgIpc) is 3.05. The fourth-order valence-corrected chi connectivity index (χ4v) is 12.0. The molecule has 238 valence electrons. The molecule has 2 atom stereocenters. The zero-order chi connectivity index (χ0) is 31.3. The van der Waals surface area contributed by atoms with E-state index in [2.05, 4.69) is 57.2 Å². The molecule has 6 saturated carbocycles. The van der Waals surface area contributed by atoms with Crippen LogP contribution in [0.5, 0.6) is 11.5 Å². The summed E-state index contributed by atoms with van der Waals surface area (Å²) < 4.78 is 11.2. The van der Waals surface area contributed by atoms with Crippen molar-refractivity contribution in [1.82, 2.24) is 0 Å². The van der Waals surface area contributed by atoms with Crippen LogP contribution in [0.1, 0.15) is 164 Å². The van der Waals surface area contributed by atoms with Crippen molar-refractivity contribution in [3.05, 3.63) is 58.7 Å². The molecule has 0 amide bonds. The fraction of sp³-hybridized carbons (Fsp3) is 0.659. The Labute approximate surface area is 271 Å². The number of ether oxygens (including phenoxy) is 2.